The van der Waals surface area contributed by atoms with Gasteiger partial charge in [-0.15, -0.1) is 0 Å². The first-order valence-corrected chi connectivity index (χ1v) is 6.27. The van der Waals surface area contributed by atoms with Gasteiger partial charge < -0.3 is 9.30 Å². The number of hydrogen-bond donors (Lipinski definition) is 0. The maximum atomic E-state index is 8.91. The Hall–Kier alpha value is -1.86. The van der Waals surface area contributed by atoms with Crippen LogP contribution in [0.1, 0.15) is 31.7 Å². The number of aryl methyl sites for hydroxylation is 1. The minimum absolute atomic E-state index is 0.521. The van der Waals surface area contributed by atoms with Crippen LogP contribution in [0, 0.1) is 11.3 Å². The molecule has 0 amide bonds. The van der Waals surface area contributed by atoms with Crippen LogP contribution >= 0.6 is 0 Å². The van der Waals surface area contributed by atoms with Gasteiger partial charge in [-0.2, -0.15) is 5.26 Å². The molecule has 0 aliphatic heterocycles. The molecule has 0 fully saturated rings. The molecule has 0 saturated heterocycles. The van der Waals surface area contributed by atoms with Gasteiger partial charge >= 0.3 is 0 Å². The molecule has 1 aromatic carbocycles. The molecule has 1 aromatic heterocycles. The summed E-state index contributed by atoms with van der Waals surface area (Å²) in [5.41, 5.74) is 2.59. The zero-order chi connectivity index (χ0) is 13.0. The Kier molecular flexibility index (Phi) is 3.96. The average molecular weight is 243 g/mol. The van der Waals surface area contributed by atoms with Crippen molar-refractivity contribution in [3.05, 3.63) is 29.6 Å². The molecule has 0 N–H and O–H groups in total. The van der Waals surface area contributed by atoms with E-state index in [1.54, 1.807) is 0 Å². The molecule has 0 radical (unpaired) electrons. The van der Waals surface area contributed by atoms with Crippen molar-refractivity contribution in [3.8, 4) is 6.07 Å². The Morgan fingerprint density at radius 1 is 1.39 bits per heavy atom. The lowest BCUT2D eigenvalue weighted by Gasteiger charge is -2.07. The van der Waals surface area contributed by atoms with Crippen LogP contribution in [0.5, 0.6) is 0 Å². The number of imidazole rings is 1. The van der Waals surface area contributed by atoms with E-state index in [1.807, 2.05) is 25.1 Å². The smallest absolute Gasteiger partial charge is 0.135 e. The van der Waals surface area contributed by atoms with Crippen molar-refractivity contribution >= 4 is 11.0 Å². The van der Waals surface area contributed by atoms with Crippen molar-refractivity contribution in [2.24, 2.45) is 0 Å². The minimum atomic E-state index is 0.521. The Morgan fingerprint density at radius 3 is 2.89 bits per heavy atom. The van der Waals surface area contributed by atoms with Crippen LogP contribution in [-0.4, -0.2) is 16.2 Å². The van der Waals surface area contributed by atoms with Gasteiger partial charge in [-0.3, -0.25) is 0 Å². The molecule has 2 rings (SSSR count). The van der Waals surface area contributed by atoms with Crippen LogP contribution in [0.15, 0.2) is 18.2 Å². The fraction of sp³-hybridized carbons (Fsp3) is 0.429. The zero-order valence-corrected chi connectivity index (χ0v) is 10.8. The SMILES string of the molecule is CCCn1c(COCC)nc2cc(C#N)ccc21. The summed E-state index contributed by atoms with van der Waals surface area (Å²) in [4.78, 5) is 4.56. The van der Waals surface area contributed by atoms with Crippen LogP contribution < -0.4 is 0 Å². The molecule has 4 heteroatoms. The van der Waals surface area contributed by atoms with Crippen molar-refractivity contribution in [2.45, 2.75) is 33.4 Å². The van der Waals surface area contributed by atoms with Gasteiger partial charge in [0.2, 0.25) is 0 Å². The first kappa shape index (κ1) is 12.6. The summed E-state index contributed by atoms with van der Waals surface area (Å²) in [5.74, 6) is 0.934. The highest BCUT2D eigenvalue weighted by molar-refractivity contribution is 5.77. The third-order valence-electron chi connectivity index (χ3n) is 2.84. The summed E-state index contributed by atoms with van der Waals surface area (Å²) in [6.07, 6.45) is 1.05. The third-order valence-corrected chi connectivity index (χ3v) is 2.84. The first-order chi connectivity index (χ1) is 8.80. The summed E-state index contributed by atoms with van der Waals surface area (Å²) in [5, 5.41) is 8.91. The second-order valence-corrected chi connectivity index (χ2v) is 4.13. The van der Waals surface area contributed by atoms with Gasteiger partial charge in [0.25, 0.3) is 0 Å². The largest absolute Gasteiger partial charge is 0.374 e. The maximum Gasteiger partial charge on any atom is 0.135 e. The molecule has 4 nitrogen and oxygen atoms in total. The van der Waals surface area contributed by atoms with Crippen LogP contribution in [0.3, 0.4) is 0 Å². The number of nitrogens with zero attached hydrogens (tertiary/aromatic N) is 3. The lowest BCUT2D eigenvalue weighted by molar-refractivity contribution is 0.126. The van der Waals surface area contributed by atoms with E-state index in [2.05, 4.69) is 22.5 Å². The van der Waals surface area contributed by atoms with Crippen LogP contribution in [-0.2, 0) is 17.9 Å². The zero-order valence-electron chi connectivity index (χ0n) is 10.8. The van der Waals surface area contributed by atoms with Gasteiger partial charge in [0, 0.05) is 13.2 Å². The standard InChI is InChI=1S/C14H17N3O/c1-3-7-17-13-6-5-11(9-15)8-12(13)16-14(17)10-18-4-2/h5-6,8H,3-4,7,10H2,1-2H3. The molecule has 18 heavy (non-hydrogen) atoms. The number of fused-ring (bicyclic) bond motifs is 1. The number of rotatable bonds is 5. The third kappa shape index (κ3) is 2.36. The molecule has 0 spiro atoms. The fourth-order valence-electron chi connectivity index (χ4n) is 2.03. The Labute approximate surface area is 107 Å². The summed E-state index contributed by atoms with van der Waals surface area (Å²) < 4.78 is 7.62. The summed E-state index contributed by atoms with van der Waals surface area (Å²) in [6, 6.07) is 7.77. The molecule has 0 bridgehead atoms. The number of hydrogen-bond acceptors (Lipinski definition) is 3. The Bertz CT molecular complexity index is 580. The van der Waals surface area contributed by atoms with Crippen molar-refractivity contribution in [1.29, 1.82) is 5.26 Å². The fourth-order valence-corrected chi connectivity index (χ4v) is 2.03. The predicted molar refractivity (Wildman–Crippen MR) is 70.1 cm³/mol. The van der Waals surface area contributed by atoms with Crippen molar-refractivity contribution < 1.29 is 4.74 Å². The number of nitriles is 1. The Morgan fingerprint density at radius 2 is 2.22 bits per heavy atom. The van der Waals surface area contributed by atoms with Gasteiger partial charge in [0.15, 0.2) is 0 Å². The highest BCUT2D eigenvalue weighted by Crippen LogP contribution is 2.19. The minimum Gasteiger partial charge on any atom is -0.374 e. The molecule has 0 aliphatic rings. The van der Waals surface area contributed by atoms with E-state index < -0.39 is 0 Å². The quantitative estimate of drug-likeness (QED) is 0.811. The molecule has 1 heterocycles. The number of benzene rings is 1. The topological polar surface area (TPSA) is 50.8 Å². The number of ether oxygens (including phenoxy) is 1. The molecule has 0 saturated carbocycles. The molecular formula is C14H17N3O. The van der Waals surface area contributed by atoms with E-state index >= 15 is 0 Å². The van der Waals surface area contributed by atoms with Gasteiger partial charge in [-0.25, -0.2) is 4.98 Å². The van der Waals surface area contributed by atoms with Gasteiger partial charge in [-0.05, 0) is 31.5 Å². The van der Waals surface area contributed by atoms with Gasteiger partial charge in [0.05, 0.1) is 22.7 Å². The number of aromatic nitrogens is 2. The second kappa shape index (κ2) is 5.65. The molecule has 0 atom stereocenters. The van der Waals surface area contributed by atoms with Crippen LogP contribution in [0.4, 0.5) is 0 Å². The normalized spacial score (nSPS) is 10.7. The molecular weight excluding hydrogens is 226 g/mol. The van der Waals surface area contributed by atoms with E-state index in [1.165, 1.54) is 0 Å². The van der Waals surface area contributed by atoms with Crippen molar-refractivity contribution in [2.75, 3.05) is 6.61 Å². The van der Waals surface area contributed by atoms with Crippen molar-refractivity contribution in [1.82, 2.24) is 9.55 Å². The van der Waals surface area contributed by atoms with E-state index in [0.29, 0.717) is 18.8 Å². The van der Waals surface area contributed by atoms with E-state index in [-0.39, 0.29) is 0 Å². The second-order valence-electron chi connectivity index (χ2n) is 4.13. The molecule has 94 valence electrons. The van der Waals surface area contributed by atoms with E-state index in [4.69, 9.17) is 10.00 Å². The lowest BCUT2D eigenvalue weighted by Crippen LogP contribution is -2.05. The highest BCUT2D eigenvalue weighted by Gasteiger charge is 2.10. The maximum absolute atomic E-state index is 8.91. The summed E-state index contributed by atoms with van der Waals surface area (Å²) >= 11 is 0. The highest BCUT2D eigenvalue weighted by atomic mass is 16.5. The first-order valence-electron chi connectivity index (χ1n) is 6.27. The van der Waals surface area contributed by atoms with Gasteiger partial charge in [0.1, 0.15) is 12.4 Å². The van der Waals surface area contributed by atoms with E-state index in [0.717, 1.165) is 29.8 Å². The summed E-state index contributed by atoms with van der Waals surface area (Å²) in [6.45, 7) is 6.23. The summed E-state index contributed by atoms with van der Waals surface area (Å²) in [7, 11) is 0. The molecule has 0 unspecified atom stereocenters. The van der Waals surface area contributed by atoms with Crippen LogP contribution in [0.25, 0.3) is 11.0 Å². The van der Waals surface area contributed by atoms with Crippen LogP contribution in [0.2, 0.25) is 0 Å². The predicted octanol–water partition coefficient (Wildman–Crippen LogP) is 2.85. The van der Waals surface area contributed by atoms with Gasteiger partial charge in [-0.1, -0.05) is 6.92 Å². The monoisotopic (exact) mass is 243 g/mol. The molecule has 0 aliphatic carbocycles. The Balaban J connectivity index is 2.48. The lowest BCUT2D eigenvalue weighted by atomic mass is 10.2. The van der Waals surface area contributed by atoms with E-state index in [9.17, 15) is 0 Å². The molecule has 2 aromatic rings. The van der Waals surface area contributed by atoms with Crippen molar-refractivity contribution in [3.63, 3.8) is 0 Å². The average Bonchev–Trinajstić information content (AvgIpc) is 2.74.